The average Bonchev–Trinajstić information content (AvgIpc) is 2.73. The molecule has 4 nitrogen and oxygen atoms in total. The number of rotatable bonds is 10. The fourth-order valence-corrected chi connectivity index (χ4v) is 1.83. The van der Waals surface area contributed by atoms with Gasteiger partial charge < -0.3 is 5.32 Å². The maximum atomic E-state index is 4.03. The van der Waals surface area contributed by atoms with Crippen molar-refractivity contribution in [1.29, 1.82) is 0 Å². The summed E-state index contributed by atoms with van der Waals surface area (Å²) in [5.41, 5.74) is 0.999. The summed E-state index contributed by atoms with van der Waals surface area (Å²) in [6, 6.07) is 0. The van der Waals surface area contributed by atoms with Crippen molar-refractivity contribution in [3.8, 4) is 0 Å². The molecule has 0 bridgehead atoms. The van der Waals surface area contributed by atoms with Crippen LogP contribution in [0.4, 0.5) is 0 Å². The Kier molecular flexibility index (Phi) is 7.63. The van der Waals surface area contributed by atoms with E-state index >= 15 is 0 Å². The summed E-state index contributed by atoms with van der Waals surface area (Å²) in [7, 11) is 0. The molecule has 1 aromatic heterocycles. The third-order valence-corrected chi connectivity index (χ3v) is 2.85. The largest absolute Gasteiger partial charge is 0.317 e. The van der Waals surface area contributed by atoms with Crippen molar-refractivity contribution in [2.45, 2.75) is 58.9 Å². The number of hydrogen-bond acceptors (Lipinski definition) is 3. The van der Waals surface area contributed by atoms with Gasteiger partial charge in [-0.05, 0) is 39.3 Å². The monoisotopic (exact) mass is 238 g/mol. The number of aromatic nitrogens is 3. The molecular weight excluding hydrogens is 212 g/mol. The van der Waals surface area contributed by atoms with E-state index in [0.29, 0.717) is 0 Å². The minimum absolute atomic E-state index is 0.984. The van der Waals surface area contributed by atoms with Gasteiger partial charge in [-0.25, -0.2) is 0 Å². The first-order valence-corrected chi connectivity index (χ1v) is 6.90. The molecule has 0 aromatic carbocycles. The highest BCUT2D eigenvalue weighted by atomic mass is 15.4. The fourth-order valence-electron chi connectivity index (χ4n) is 1.83. The van der Waals surface area contributed by atoms with Gasteiger partial charge >= 0.3 is 0 Å². The molecule has 1 N–H and O–H groups in total. The molecule has 98 valence electrons. The van der Waals surface area contributed by atoms with E-state index in [1.165, 1.54) is 45.1 Å². The Morgan fingerprint density at radius 3 is 2.53 bits per heavy atom. The second kappa shape index (κ2) is 9.16. The molecule has 0 amide bonds. The molecule has 0 aliphatic rings. The smallest absolute Gasteiger partial charge is 0.0796 e. The van der Waals surface area contributed by atoms with Crippen molar-refractivity contribution in [1.82, 2.24) is 20.3 Å². The number of nitrogens with one attached hydrogen (secondary N) is 1. The van der Waals surface area contributed by atoms with E-state index in [-0.39, 0.29) is 0 Å². The van der Waals surface area contributed by atoms with Crippen molar-refractivity contribution < 1.29 is 0 Å². The highest BCUT2D eigenvalue weighted by Crippen LogP contribution is 1.98. The Morgan fingerprint density at radius 1 is 1.12 bits per heavy atom. The minimum Gasteiger partial charge on any atom is -0.317 e. The molecule has 0 radical (unpaired) electrons. The minimum atomic E-state index is 0.984. The van der Waals surface area contributed by atoms with Crippen LogP contribution in [0.25, 0.3) is 0 Å². The van der Waals surface area contributed by atoms with Crippen molar-refractivity contribution in [2.24, 2.45) is 0 Å². The molecule has 4 heteroatoms. The number of hydrogen-bond donors (Lipinski definition) is 1. The molecule has 0 fully saturated rings. The summed E-state index contributed by atoms with van der Waals surface area (Å²) in [6.45, 7) is 7.50. The molecule has 0 aliphatic carbocycles. The van der Waals surface area contributed by atoms with Crippen molar-refractivity contribution >= 4 is 0 Å². The van der Waals surface area contributed by atoms with E-state index in [0.717, 1.165) is 18.8 Å². The first-order valence-electron chi connectivity index (χ1n) is 6.90. The lowest BCUT2D eigenvalue weighted by Gasteiger charge is -2.04. The quantitative estimate of drug-likeness (QED) is 0.637. The lowest BCUT2D eigenvalue weighted by Crippen LogP contribution is -2.17. The molecule has 0 atom stereocenters. The van der Waals surface area contributed by atoms with Gasteiger partial charge in [0.05, 0.1) is 5.69 Å². The summed E-state index contributed by atoms with van der Waals surface area (Å²) in [5.74, 6) is 0. The Labute approximate surface area is 105 Å². The molecule has 0 saturated carbocycles. The van der Waals surface area contributed by atoms with Gasteiger partial charge in [0.2, 0.25) is 0 Å². The standard InChI is InChI=1S/C13H26N4/c1-3-4-5-6-9-14-10-7-8-11-17-12-13(2)15-16-17/h12,14H,3-11H2,1-2H3. The normalized spacial score (nSPS) is 10.9. The first kappa shape index (κ1) is 14.2. The van der Waals surface area contributed by atoms with Crippen LogP contribution in [-0.2, 0) is 6.54 Å². The van der Waals surface area contributed by atoms with Crippen LogP contribution in [0, 0.1) is 6.92 Å². The molecule has 0 spiro atoms. The topological polar surface area (TPSA) is 42.7 Å². The van der Waals surface area contributed by atoms with Crippen LogP contribution in [0.5, 0.6) is 0 Å². The molecule has 1 heterocycles. The van der Waals surface area contributed by atoms with E-state index < -0.39 is 0 Å². The summed E-state index contributed by atoms with van der Waals surface area (Å²) >= 11 is 0. The zero-order chi connectivity index (χ0) is 12.3. The highest BCUT2D eigenvalue weighted by Gasteiger charge is 1.95. The number of unbranched alkanes of at least 4 members (excludes halogenated alkanes) is 4. The third kappa shape index (κ3) is 7.10. The van der Waals surface area contributed by atoms with E-state index in [2.05, 4.69) is 22.6 Å². The highest BCUT2D eigenvalue weighted by molar-refractivity contribution is 4.86. The van der Waals surface area contributed by atoms with Crippen LogP contribution in [0.1, 0.15) is 51.1 Å². The van der Waals surface area contributed by atoms with Gasteiger partial charge in [-0.1, -0.05) is 31.4 Å². The SMILES string of the molecule is CCCCCCNCCCCn1cc(C)nn1. The Bertz CT molecular complexity index is 283. The number of aryl methyl sites for hydroxylation is 2. The lowest BCUT2D eigenvalue weighted by molar-refractivity contribution is 0.516. The Morgan fingerprint density at radius 2 is 1.88 bits per heavy atom. The number of nitrogens with zero attached hydrogens (tertiary/aromatic N) is 3. The predicted molar refractivity (Wildman–Crippen MR) is 71.0 cm³/mol. The van der Waals surface area contributed by atoms with Crippen LogP contribution in [0.15, 0.2) is 6.20 Å². The van der Waals surface area contributed by atoms with Gasteiger partial charge in [0.25, 0.3) is 0 Å². The summed E-state index contributed by atoms with van der Waals surface area (Å²) in [6.07, 6.45) is 9.75. The van der Waals surface area contributed by atoms with E-state index in [9.17, 15) is 0 Å². The van der Waals surface area contributed by atoms with Crippen LogP contribution >= 0.6 is 0 Å². The molecule has 1 rings (SSSR count). The van der Waals surface area contributed by atoms with Crippen molar-refractivity contribution in [3.63, 3.8) is 0 Å². The van der Waals surface area contributed by atoms with Gasteiger partial charge in [0, 0.05) is 12.7 Å². The maximum absolute atomic E-state index is 4.03. The molecule has 0 aliphatic heterocycles. The zero-order valence-corrected chi connectivity index (χ0v) is 11.3. The lowest BCUT2D eigenvalue weighted by atomic mass is 10.2. The van der Waals surface area contributed by atoms with Crippen LogP contribution in [0.2, 0.25) is 0 Å². The fraction of sp³-hybridized carbons (Fsp3) is 0.846. The van der Waals surface area contributed by atoms with Crippen molar-refractivity contribution in [2.75, 3.05) is 13.1 Å². The van der Waals surface area contributed by atoms with Crippen LogP contribution in [0.3, 0.4) is 0 Å². The molecular formula is C13H26N4. The maximum Gasteiger partial charge on any atom is 0.0796 e. The van der Waals surface area contributed by atoms with Gasteiger partial charge in [0.15, 0.2) is 0 Å². The van der Waals surface area contributed by atoms with Crippen LogP contribution in [-0.4, -0.2) is 28.1 Å². The second-order valence-electron chi connectivity index (χ2n) is 4.64. The molecule has 1 aromatic rings. The van der Waals surface area contributed by atoms with E-state index in [4.69, 9.17) is 0 Å². The van der Waals surface area contributed by atoms with Gasteiger partial charge in [-0.3, -0.25) is 4.68 Å². The summed E-state index contributed by atoms with van der Waals surface area (Å²) in [5, 5.41) is 11.5. The average molecular weight is 238 g/mol. The van der Waals surface area contributed by atoms with Crippen LogP contribution < -0.4 is 5.32 Å². The predicted octanol–water partition coefficient (Wildman–Crippen LogP) is 2.54. The Hall–Kier alpha value is -0.900. The summed E-state index contributed by atoms with van der Waals surface area (Å²) in [4.78, 5) is 0. The van der Waals surface area contributed by atoms with E-state index in [1.54, 1.807) is 0 Å². The van der Waals surface area contributed by atoms with Gasteiger partial charge in [0.1, 0.15) is 0 Å². The molecule has 0 saturated heterocycles. The second-order valence-corrected chi connectivity index (χ2v) is 4.64. The van der Waals surface area contributed by atoms with Crippen molar-refractivity contribution in [3.05, 3.63) is 11.9 Å². The van der Waals surface area contributed by atoms with E-state index in [1.807, 2.05) is 17.8 Å². The first-order chi connectivity index (χ1) is 8.33. The van der Waals surface area contributed by atoms with Gasteiger partial charge in [-0.15, -0.1) is 5.10 Å². The molecule has 17 heavy (non-hydrogen) atoms. The van der Waals surface area contributed by atoms with Gasteiger partial charge in [-0.2, -0.15) is 0 Å². The Balaban J connectivity index is 1.84. The summed E-state index contributed by atoms with van der Waals surface area (Å²) < 4.78 is 1.93. The third-order valence-electron chi connectivity index (χ3n) is 2.85. The molecule has 0 unspecified atom stereocenters. The zero-order valence-electron chi connectivity index (χ0n) is 11.3.